The molecule has 3 atom stereocenters. The summed E-state index contributed by atoms with van der Waals surface area (Å²) in [5.74, 6) is -1.04. The van der Waals surface area contributed by atoms with Crippen molar-refractivity contribution in [1.82, 2.24) is 5.32 Å². The number of nitrogens with one attached hydrogen (secondary N) is 1. The molecule has 6 nitrogen and oxygen atoms in total. The van der Waals surface area contributed by atoms with E-state index >= 15 is 0 Å². The number of carboxylic acid groups (broad SMARTS) is 1. The molecule has 3 N–H and O–H groups in total. The predicted molar refractivity (Wildman–Crippen MR) is 107 cm³/mol. The van der Waals surface area contributed by atoms with Gasteiger partial charge >= 0.3 is 5.97 Å². The van der Waals surface area contributed by atoms with Crippen molar-refractivity contribution in [3.63, 3.8) is 0 Å². The number of carboxylic acids is 1. The fraction of sp³-hybridized carbons (Fsp3) is 0.429. The standard InChI is InChI=1S/C21H25NO5S/c1-3-4-15(23)13-5-7-14(8-6-13)21(27-2,17-10-12-19(24)22-17)18-11-9-16(28-18)20(25)26/h5-9,11,15,17,23H,3-4,10,12H2,1-2H3,(H,22,24)(H,25,26)/t15?,17?,21-/m0/s1. The van der Waals surface area contributed by atoms with Gasteiger partial charge in [-0.05, 0) is 36.1 Å². The molecule has 150 valence electrons. The fourth-order valence-corrected chi connectivity index (χ4v) is 4.93. The molecule has 2 aromatic rings. The predicted octanol–water partition coefficient (Wildman–Crippen LogP) is 3.45. The number of aliphatic hydroxyl groups excluding tert-OH is 1. The molecule has 0 saturated carbocycles. The van der Waals surface area contributed by atoms with Gasteiger partial charge in [0.15, 0.2) is 0 Å². The van der Waals surface area contributed by atoms with Gasteiger partial charge in [0.25, 0.3) is 0 Å². The summed E-state index contributed by atoms with van der Waals surface area (Å²) in [6.45, 7) is 2.02. The van der Waals surface area contributed by atoms with E-state index in [2.05, 4.69) is 5.32 Å². The summed E-state index contributed by atoms with van der Waals surface area (Å²) in [5, 5.41) is 22.6. The maximum atomic E-state index is 11.9. The number of amides is 1. The van der Waals surface area contributed by atoms with Crippen LogP contribution in [0.4, 0.5) is 0 Å². The van der Waals surface area contributed by atoms with E-state index < -0.39 is 17.7 Å². The molecule has 0 aliphatic carbocycles. The van der Waals surface area contributed by atoms with Crippen molar-refractivity contribution in [3.05, 3.63) is 57.3 Å². The Bertz CT molecular complexity index is 847. The van der Waals surface area contributed by atoms with Crippen molar-refractivity contribution in [1.29, 1.82) is 0 Å². The third-order valence-corrected chi connectivity index (χ3v) is 6.47. The van der Waals surface area contributed by atoms with Crippen molar-refractivity contribution >= 4 is 23.2 Å². The molecule has 1 aliphatic rings. The molecule has 28 heavy (non-hydrogen) atoms. The summed E-state index contributed by atoms with van der Waals surface area (Å²) in [6, 6.07) is 10.5. The average molecular weight is 404 g/mol. The highest BCUT2D eigenvalue weighted by molar-refractivity contribution is 7.14. The van der Waals surface area contributed by atoms with E-state index in [1.165, 1.54) is 0 Å². The van der Waals surface area contributed by atoms with Gasteiger partial charge in [-0.2, -0.15) is 0 Å². The first-order valence-electron chi connectivity index (χ1n) is 9.39. The van der Waals surface area contributed by atoms with Crippen LogP contribution in [-0.4, -0.2) is 35.2 Å². The number of hydrogen-bond acceptors (Lipinski definition) is 5. The zero-order chi connectivity index (χ0) is 20.3. The topological polar surface area (TPSA) is 95.9 Å². The Kier molecular flexibility index (Phi) is 6.17. The number of thiophene rings is 1. The highest BCUT2D eigenvalue weighted by atomic mass is 32.1. The van der Waals surface area contributed by atoms with Gasteiger partial charge in [-0.25, -0.2) is 4.79 Å². The third-order valence-electron chi connectivity index (χ3n) is 5.28. The van der Waals surface area contributed by atoms with Crippen LogP contribution in [0.5, 0.6) is 0 Å². The van der Waals surface area contributed by atoms with E-state index in [9.17, 15) is 19.8 Å². The van der Waals surface area contributed by atoms with E-state index in [-0.39, 0.29) is 16.8 Å². The molecule has 1 aromatic heterocycles. The lowest BCUT2D eigenvalue weighted by atomic mass is 9.83. The Labute approximate surface area is 168 Å². The SMILES string of the molecule is CCCC(O)c1ccc([C@@](OC)(c2ccc(C(=O)O)s2)C2CCC(=O)N2)cc1. The number of aliphatic hydroxyl groups is 1. The highest BCUT2D eigenvalue weighted by Crippen LogP contribution is 2.43. The molecule has 1 amide bonds. The van der Waals surface area contributed by atoms with Gasteiger partial charge in [0.2, 0.25) is 5.91 Å². The smallest absolute Gasteiger partial charge is 0.345 e. The van der Waals surface area contributed by atoms with Gasteiger partial charge in [0.05, 0.1) is 12.1 Å². The van der Waals surface area contributed by atoms with Crippen molar-refractivity contribution in [2.24, 2.45) is 0 Å². The zero-order valence-electron chi connectivity index (χ0n) is 16.0. The number of methoxy groups -OCH3 is 1. The normalized spacial score (nSPS) is 19.8. The summed E-state index contributed by atoms with van der Waals surface area (Å²) >= 11 is 1.15. The molecule has 0 bridgehead atoms. The molecule has 7 heteroatoms. The van der Waals surface area contributed by atoms with E-state index in [4.69, 9.17) is 4.74 Å². The van der Waals surface area contributed by atoms with Crippen molar-refractivity contribution in [2.75, 3.05) is 7.11 Å². The molecule has 1 fully saturated rings. The number of ether oxygens (including phenoxy) is 1. The fourth-order valence-electron chi connectivity index (χ4n) is 3.84. The quantitative estimate of drug-likeness (QED) is 0.627. The lowest BCUT2D eigenvalue weighted by molar-refractivity contribution is -0.120. The van der Waals surface area contributed by atoms with Crippen LogP contribution in [0, 0.1) is 0 Å². The van der Waals surface area contributed by atoms with E-state index in [0.29, 0.717) is 19.3 Å². The molecule has 2 heterocycles. The Morgan fingerprint density at radius 1 is 1.32 bits per heavy atom. The van der Waals surface area contributed by atoms with Crippen LogP contribution in [0.3, 0.4) is 0 Å². The van der Waals surface area contributed by atoms with Crippen LogP contribution in [0.1, 0.15) is 64.4 Å². The Morgan fingerprint density at radius 2 is 2.04 bits per heavy atom. The minimum absolute atomic E-state index is 0.0450. The molecule has 2 unspecified atom stereocenters. The molecule has 0 radical (unpaired) electrons. The van der Waals surface area contributed by atoms with Gasteiger partial charge in [-0.15, -0.1) is 11.3 Å². The largest absolute Gasteiger partial charge is 0.477 e. The maximum absolute atomic E-state index is 11.9. The molecule has 0 spiro atoms. The Hall–Kier alpha value is -2.22. The minimum atomic E-state index is -0.991. The summed E-state index contributed by atoms with van der Waals surface area (Å²) < 4.78 is 6.02. The monoisotopic (exact) mass is 403 g/mol. The van der Waals surface area contributed by atoms with Crippen molar-refractivity contribution in [2.45, 2.75) is 50.4 Å². The zero-order valence-corrected chi connectivity index (χ0v) is 16.8. The number of hydrogen-bond donors (Lipinski definition) is 3. The lowest BCUT2D eigenvalue weighted by Crippen LogP contribution is -2.48. The van der Waals surface area contributed by atoms with Crippen LogP contribution in [0.2, 0.25) is 0 Å². The number of carbonyl (C=O) groups is 2. The van der Waals surface area contributed by atoms with Crippen LogP contribution in [0.15, 0.2) is 36.4 Å². The maximum Gasteiger partial charge on any atom is 0.345 e. The highest BCUT2D eigenvalue weighted by Gasteiger charge is 2.47. The summed E-state index contributed by atoms with van der Waals surface area (Å²) in [7, 11) is 1.57. The van der Waals surface area contributed by atoms with Gasteiger partial charge < -0.3 is 20.3 Å². The van der Waals surface area contributed by atoms with Crippen LogP contribution in [-0.2, 0) is 15.1 Å². The average Bonchev–Trinajstić information content (AvgIpc) is 3.34. The van der Waals surface area contributed by atoms with Crippen LogP contribution >= 0.6 is 11.3 Å². The van der Waals surface area contributed by atoms with Crippen molar-refractivity contribution < 1.29 is 24.5 Å². The first-order chi connectivity index (χ1) is 13.4. The Balaban J connectivity index is 2.07. The molecule has 1 aromatic carbocycles. The van der Waals surface area contributed by atoms with Gasteiger partial charge in [0, 0.05) is 18.4 Å². The molecular formula is C21H25NO5S. The summed E-state index contributed by atoms with van der Waals surface area (Å²) in [6.07, 6.45) is 2.03. The first-order valence-corrected chi connectivity index (χ1v) is 10.2. The number of rotatable bonds is 8. The van der Waals surface area contributed by atoms with E-state index in [0.717, 1.165) is 33.8 Å². The molecule has 1 saturated heterocycles. The number of carbonyl (C=O) groups excluding carboxylic acids is 1. The van der Waals surface area contributed by atoms with Gasteiger partial charge in [-0.3, -0.25) is 4.79 Å². The summed E-state index contributed by atoms with van der Waals surface area (Å²) in [4.78, 5) is 24.3. The second kappa shape index (κ2) is 8.43. The van der Waals surface area contributed by atoms with Crippen LogP contribution < -0.4 is 5.32 Å². The van der Waals surface area contributed by atoms with Gasteiger partial charge in [0.1, 0.15) is 10.5 Å². The van der Waals surface area contributed by atoms with E-state index in [1.807, 2.05) is 31.2 Å². The Morgan fingerprint density at radius 3 is 2.54 bits per heavy atom. The molecular weight excluding hydrogens is 378 g/mol. The second-order valence-electron chi connectivity index (χ2n) is 6.99. The molecule has 3 rings (SSSR count). The van der Waals surface area contributed by atoms with Crippen molar-refractivity contribution in [3.8, 4) is 0 Å². The minimum Gasteiger partial charge on any atom is -0.477 e. The molecule has 1 aliphatic heterocycles. The van der Waals surface area contributed by atoms with Gasteiger partial charge in [-0.1, -0.05) is 37.6 Å². The van der Waals surface area contributed by atoms with E-state index in [1.54, 1.807) is 19.2 Å². The number of aromatic carboxylic acids is 1. The van der Waals surface area contributed by atoms with Crippen LogP contribution in [0.25, 0.3) is 0 Å². The third kappa shape index (κ3) is 3.70. The first kappa shape index (κ1) is 20.5. The second-order valence-corrected chi connectivity index (χ2v) is 8.08. The number of benzene rings is 1. The summed E-state index contributed by atoms with van der Waals surface area (Å²) in [5.41, 5.74) is 0.649. The lowest BCUT2D eigenvalue weighted by Gasteiger charge is -2.37.